The lowest BCUT2D eigenvalue weighted by molar-refractivity contribution is -0.139. The molecular formula is C19H15ClN2O8. The number of furan rings is 1. The summed E-state index contributed by atoms with van der Waals surface area (Å²) in [6, 6.07) is 5.09. The number of rotatable bonds is 7. The number of halogens is 1. The SMILES string of the molecule is COc1cc(C=C2C(=O)NC(=O)N(Cc3ccco3)C2=O)cc(Cl)c1OCC(=O)O. The molecule has 3 rings (SSSR count). The zero-order chi connectivity index (χ0) is 21.8. The monoisotopic (exact) mass is 434 g/mol. The molecule has 0 radical (unpaired) electrons. The molecule has 2 heterocycles. The number of ether oxygens (including phenoxy) is 2. The maximum atomic E-state index is 12.7. The van der Waals surface area contributed by atoms with Crippen LogP contribution in [0.3, 0.4) is 0 Å². The molecule has 4 amide bonds. The van der Waals surface area contributed by atoms with E-state index in [4.69, 9.17) is 30.6 Å². The molecule has 2 aromatic rings. The van der Waals surface area contributed by atoms with Crippen LogP contribution < -0.4 is 14.8 Å². The van der Waals surface area contributed by atoms with Crippen LogP contribution in [0.4, 0.5) is 4.79 Å². The van der Waals surface area contributed by atoms with Crippen LogP contribution in [0, 0.1) is 0 Å². The Morgan fingerprint density at radius 3 is 2.73 bits per heavy atom. The molecule has 1 saturated heterocycles. The van der Waals surface area contributed by atoms with Crippen molar-refractivity contribution in [3.8, 4) is 11.5 Å². The first kappa shape index (κ1) is 20.9. The molecule has 0 bridgehead atoms. The predicted octanol–water partition coefficient (Wildman–Crippen LogP) is 2.07. The number of benzene rings is 1. The van der Waals surface area contributed by atoms with Crippen molar-refractivity contribution in [3.63, 3.8) is 0 Å². The van der Waals surface area contributed by atoms with Gasteiger partial charge >= 0.3 is 12.0 Å². The molecule has 156 valence electrons. The van der Waals surface area contributed by atoms with Gasteiger partial charge in [0.15, 0.2) is 18.1 Å². The molecule has 1 aliphatic rings. The summed E-state index contributed by atoms with van der Waals surface area (Å²) in [7, 11) is 1.32. The van der Waals surface area contributed by atoms with Crippen molar-refractivity contribution >= 4 is 41.5 Å². The van der Waals surface area contributed by atoms with Crippen LogP contribution in [-0.2, 0) is 20.9 Å². The molecule has 2 N–H and O–H groups in total. The summed E-state index contributed by atoms with van der Waals surface area (Å²) in [4.78, 5) is 48.6. The van der Waals surface area contributed by atoms with E-state index in [1.54, 1.807) is 12.1 Å². The molecule has 0 aliphatic carbocycles. The lowest BCUT2D eigenvalue weighted by Crippen LogP contribution is -2.53. The van der Waals surface area contributed by atoms with Crippen molar-refractivity contribution in [2.24, 2.45) is 0 Å². The molecule has 1 aromatic heterocycles. The average molecular weight is 435 g/mol. The fourth-order valence-corrected chi connectivity index (χ4v) is 2.93. The third kappa shape index (κ3) is 4.44. The number of hydrogen-bond donors (Lipinski definition) is 2. The number of carboxylic acid groups (broad SMARTS) is 1. The first-order valence-corrected chi connectivity index (χ1v) is 8.81. The summed E-state index contributed by atoms with van der Waals surface area (Å²) in [5.74, 6) is -2.44. The van der Waals surface area contributed by atoms with Crippen molar-refractivity contribution in [1.82, 2.24) is 10.2 Å². The topological polar surface area (TPSA) is 135 Å². The van der Waals surface area contributed by atoms with Gasteiger partial charge in [-0.1, -0.05) is 11.6 Å². The van der Waals surface area contributed by atoms with Gasteiger partial charge in [0.2, 0.25) is 0 Å². The smallest absolute Gasteiger partial charge is 0.341 e. The maximum Gasteiger partial charge on any atom is 0.341 e. The Morgan fingerprint density at radius 1 is 1.33 bits per heavy atom. The summed E-state index contributed by atoms with van der Waals surface area (Å²) in [6.07, 6.45) is 2.63. The van der Waals surface area contributed by atoms with E-state index in [1.165, 1.54) is 31.6 Å². The molecular weight excluding hydrogens is 420 g/mol. The van der Waals surface area contributed by atoms with E-state index >= 15 is 0 Å². The van der Waals surface area contributed by atoms with Gasteiger partial charge in [0.1, 0.15) is 11.3 Å². The van der Waals surface area contributed by atoms with Crippen molar-refractivity contribution in [3.05, 3.63) is 52.4 Å². The van der Waals surface area contributed by atoms with Gasteiger partial charge in [0, 0.05) is 0 Å². The van der Waals surface area contributed by atoms with Crippen LogP contribution in [0.15, 0.2) is 40.5 Å². The Labute approximate surface area is 174 Å². The first-order chi connectivity index (χ1) is 14.3. The highest BCUT2D eigenvalue weighted by atomic mass is 35.5. The number of methoxy groups -OCH3 is 1. The minimum absolute atomic E-state index is 0.00207. The number of barbiturate groups is 1. The Morgan fingerprint density at radius 2 is 2.10 bits per heavy atom. The first-order valence-electron chi connectivity index (χ1n) is 8.43. The number of nitrogens with zero attached hydrogens (tertiary/aromatic N) is 1. The van der Waals surface area contributed by atoms with Gasteiger partial charge in [-0.2, -0.15) is 0 Å². The Hall–Kier alpha value is -3.79. The second kappa shape index (κ2) is 8.70. The fourth-order valence-electron chi connectivity index (χ4n) is 2.66. The van der Waals surface area contributed by atoms with Crippen molar-refractivity contribution in [2.75, 3.05) is 13.7 Å². The van der Waals surface area contributed by atoms with Gasteiger partial charge in [-0.15, -0.1) is 0 Å². The molecule has 0 spiro atoms. The molecule has 11 heteroatoms. The van der Waals surface area contributed by atoms with Crippen LogP contribution in [0.1, 0.15) is 11.3 Å². The molecule has 0 saturated carbocycles. The number of urea groups is 1. The quantitative estimate of drug-likeness (QED) is 0.499. The standard InChI is InChI=1S/C19H15ClN2O8/c1-28-14-7-10(6-13(20)16(14)30-9-15(23)24)5-12-17(25)21-19(27)22(18(12)26)8-11-3-2-4-29-11/h2-7H,8-9H2,1H3,(H,23,24)(H,21,25,27). The summed E-state index contributed by atoms with van der Waals surface area (Å²) < 4.78 is 15.4. The lowest BCUT2D eigenvalue weighted by atomic mass is 10.1. The minimum atomic E-state index is -1.20. The van der Waals surface area contributed by atoms with Crippen LogP contribution in [-0.4, -0.2) is 47.5 Å². The Bertz CT molecular complexity index is 1050. The Balaban J connectivity index is 1.92. The largest absolute Gasteiger partial charge is 0.493 e. The van der Waals surface area contributed by atoms with Gasteiger partial charge in [-0.05, 0) is 35.9 Å². The van der Waals surface area contributed by atoms with Crippen LogP contribution in [0.5, 0.6) is 11.5 Å². The molecule has 30 heavy (non-hydrogen) atoms. The second-order valence-electron chi connectivity index (χ2n) is 6.00. The van der Waals surface area contributed by atoms with E-state index in [0.717, 1.165) is 4.90 Å². The van der Waals surface area contributed by atoms with Crippen LogP contribution in [0.25, 0.3) is 6.08 Å². The van der Waals surface area contributed by atoms with Gasteiger partial charge in [0.25, 0.3) is 11.8 Å². The van der Waals surface area contributed by atoms with E-state index in [9.17, 15) is 19.2 Å². The number of carbonyl (C=O) groups is 4. The van der Waals surface area contributed by atoms with Crippen LogP contribution >= 0.6 is 11.6 Å². The van der Waals surface area contributed by atoms with E-state index in [2.05, 4.69) is 5.32 Å². The summed E-state index contributed by atoms with van der Waals surface area (Å²) in [5, 5.41) is 10.9. The van der Waals surface area contributed by atoms with Crippen molar-refractivity contribution in [2.45, 2.75) is 6.54 Å². The predicted molar refractivity (Wildman–Crippen MR) is 102 cm³/mol. The summed E-state index contributed by atoms with van der Waals surface area (Å²) in [6.45, 7) is -0.796. The molecule has 1 aliphatic heterocycles. The number of carbonyl (C=O) groups excluding carboxylic acids is 3. The van der Waals surface area contributed by atoms with Gasteiger partial charge in [-0.25, -0.2) is 9.59 Å². The highest BCUT2D eigenvalue weighted by Gasteiger charge is 2.36. The van der Waals surface area contributed by atoms with E-state index < -0.39 is 30.4 Å². The van der Waals surface area contributed by atoms with E-state index in [-0.39, 0.29) is 28.6 Å². The van der Waals surface area contributed by atoms with E-state index in [0.29, 0.717) is 11.3 Å². The molecule has 0 unspecified atom stereocenters. The molecule has 0 atom stereocenters. The number of imide groups is 2. The maximum absolute atomic E-state index is 12.7. The summed E-state index contributed by atoms with van der Waals surface area (Å²) in [5.41, 5.74) is -0.0104. The fraction of sp³-hybridized carbons (Fsp3) is 0.158. The molecule has 1 aromatic carbocycles. The van der Waals surface area contributed by atoms with E-state index in [1.807, 2.05) is 0 Å². The van der Waals surface area contributed by atoms with Gasteiger partial charge < -0.3 is 19.0 Å². The third-order valence-electron chi connectivity index (χ3n) is 3.98. The number of hydrogen-bond acceptors (Lipinski definition) is 7. The lowest BCUT2D eigenvalue weighted by Gasteiger charge is -2.25. The zero-order valence-electron chi connectivity index (χ0n) is 15.5. The van der Waals surface area contributed by atoms with Gasteiger partial charge in [0.05, 0.1) is 24.9 Å². The molecule has 1 fully saturated rings. The Kier molecular flexibility index (Phi) is 6.07. The minimum Gasteiger partial charge on any atom is -0.493 e. The molecule has 10 nitrogen and oxygen atoms in total. The second-order valence-corrected chi connectivity index (χ2v) is 6.41. The van der Waals surface area contributed by atoms with Gasteiger partial charge in [-0.3, -0.25) is 19.8 Å². The zero-order valence-corrected chi connectivity index (χ0v) is 16.3. The normalized spacial score (nSPS) is 15.3. The third-order valence-corrected chi connectivity index (χ3v) is 4.26. The number of carboxylic acids is 1. The number of nitrogens with one attached hydrogen (secondary N) is 1. The van der Waals surface area contributed by atoms with Crippen molar-refractivity contribution < 1.29 is 38.2 Å². The highest BCUT2D eigenvalue weighted by molar-refractivity contribution is 6.33. The average Bonchev–Trinajstić information content (AvgIpc) is 3.20. The van der Waals surface area contributed by atoms with Crippen molar-refractivity contribution in [1.29, 1.82) is 0 Å². The highest BCUT2D eigenvalue weighted by Crippen LogP contribution is 2.37. The number of aliphatic carboxylic acids is 1. The van der Waals surface area contributed by atoms with Crippen LogP contribution in [0.2, 0.25) is 5.02 Å². The summed E-state index contributed by atoms with van der Waals surface area (Å²) >= 11 is 6.14. The number of amides is 4.